The molecule has 0 saturated carbocycles. The molecular formula is C23H23N3OS2. The number of thiophene rings is 2. The molecule has 1 aromatic carbocycles. The number of likely N-dealkylation sites (tertiary alicyclic amines) is 1. The summed E-state index contributed by atoms with van der Waals surface area (Å²) in [5, 5.41) is 5.51. The van der Waals surface area contributed by atoms with Gasteiger partial charge in [0.25, 0.3) is 5.91 Å². The lowest BCUT2D eigenvalue weighted by Gasteiger charge is -2.31. The van der Waals surface area contributed by atoms with Crippen LogP contribution in [0.2, 0.25) is 0 Å². The summed E-state index contributed by atoms with van der Waals surface area (Å²) in [6, 6.07) is 12.4. The van der Waals surface area contributed by atoms with Gasteiger partial charge in [-0.3, -0.25) is 4.79 Å². The van der Waals surface area contributed by atoms with E-state index >= 15 is 0 Å². The predicted octanol–water partition coefficient (Wildman–Crippen LogP) is 5.42. The number of amides is 1. The van der Waals surface area contributed by atoms with Crippen LogP contribution in [-0.2, 0) is 13.0 Å². The Balaban J connectivity index is 1.22. The molecule has 1 aliphatic heterocycles. The second kappa shape index (κ2) is 8.13. The van der Waals surface area contributed by atoms with Gasteiger partial charge >= 0.3 is 0 Å². The molecule has 1 fully saturated rings. The highest BCUT2D eigenvalue weighted by molar-refractivity contribution is 7.20. The SMILES string of the molecule is O=C(c1cc2ccccc2s1)N1CCC(c2nccn2CCc2ccsc2)CC1. The molecule has 0 bridgehead atoms. The maximum absolute atomic E-state index is 13.0. The van der Waals surface area contributed by atoms with Crippen molar-refractivity contribution in [1.29, 1.82) is 0 Å². The highest BCUT2D eigenvalue weighted by Gasteiger charge is 2.27. The Morgan fingerprint density at radius 2 is 2.03 bits per heavy atom. The van der Waals surface area contributed by atoms with E-state index in [1.165, 1.54) is 16.1 Å². The van der Waals surface area contributed by atoms with E-state index in [0.717, 1.165) is 49.2 Å². The topological polar surface area (TPSA) is 38.1 Å². The average Bonchev–Trinajstić information content (AvgIpc) is 3.52. The molecule has 29 heavy (non-hydrogen) atoms. The zero-order chi connectivity index (χ0) is 19.6. The number of fused-ring (bicyclic) bond motifs is 1. The van der Waals surface area contributed by atoms with Gasteiger partial charge in [0.2, 0.25) is 0 Å². The lowest BCUT2D eigenvalue weighted by molar-refractivity contribution is 0.0715. The predicted molar refractivity (Wildman–Crippen MR) is 120 cm³/mol. The zero-order valence-electron chi connectivity index (χ0n) is 16.2. The minimum absolute atomic E-state index is 0.172. The van der Waals surface area contributed by atoms with Crippen molar-refractivity contribution in [3.05, 3.63) is 75.8 Å². The van der Waals surface area contributed by atoms with Crippen LogP contribution in [0, 0.1) is 0 Å². The third-order valence-corrected chi connectivity index (χ3v) is 7.59. The summed E-state index contributed by atoms with van der Waals surface area (Å²) in [5.74, 6) is 1.78. The molecule has 0 N–H and O–H groups in total. The first-order valence-corrected chi connectivity index (χ1v) is 11.8. The van der Waals surface area contributed by atoms with Crippen LogP contribution in [0.4, 0.5) is 0 Å². The molecule has 3 aromatic heterocycles. The van der Waals surface area contributed by atoms with Gasteiger partial charge in [-0.1, -0.05) is 18.2 Å². The molecule has 0 atom stereocenters. The van der Waals surface area contributed by atoms with Crippen molar-refractivity contribution >= 4 is 38.7 Å². The van der Waals surface area contributed by atoms with E-state index in [1.54, 1.807) is 22.7 Å². The fourth-order valence-electron chi connectivity index (χ4n) is 4.14. The Morgan fingerprint density at radius 3 is 2.83 bits per heavy atom. The number of carbonyl (C=O) groups is 1. The molecule has 1 aliphatic rings. The van der Waals surface area contributed by atoms with Crippen LogP contribution in [0.1, 0.15) is 39.8 Å². The molecule has 0 unspecified atom stereocenters. The van der Waals surface area contributed by atoms with Gasteiger partial charge in [-0.15, -0.1) is 11.3 Å². The van der Waals surface area contributed by atoms with Crippen LogP contribution in [-0.4, -0.2) is 33.4 Å². The van der Waals surface area contributed by atoms with Crippen molar-refractivity contribution in [1.82, 2.24) is 14.5 Å². The summed E-state index contributed by atoms with van der Waals surface area (Å²) in [5.41, 5.74) is 1.39. The standard InChI is InChI=1S/C23H23N3OS2/c27-23(21-15-19-3-1-2-4-20(19)29-21)26-11-6-18(7-12-26)22-24-9-13-25(22)10-5-17-8-14-28-16-17/h1-4,8-9,13-16,18H,5-7,10-12H2. The molecule has 5 rings (SSSR count). The number of hydrogen-bond acceptors (Lipinski definition) is 4. The Labute approximate surface area is 178 Å². The first-order chi connectivity index (χ1) is 14.3. The van der Waals surface area contributed by atoms with E-state index in [-0.39, 0.29) is 5.91 Å². The first-order valence-electron chi connectivity index (χ1n) is 10.1. The zero-order valence-corrected chi connectivity index (χ0v) is 17.8. The van der Waals surface area contributed by atoms with E-state index in [0.29, 0.717) is 5.92 Å². The van der Waals surface area contributed by atoms with Crippen molar-refractivity contribution in [2.45, 2.75) is 31.7 Å². The van der Waals surface area contributed by atoms with E-state index in [1.807, 2.05) is 29.3 Å². The van der Waals surface area contributed by atoms with Crippen molar-refractivity contribution in [2.75, 3.05) is 13.1 Å². The number of carbonyl (C=O) groups excluding carboxylic acids is 1. The third kappa shape index (κ3) is 3.87. The average molecular weight is 422 g/mol. The van der Waals surface area contributed by atoms with Gasteiger partial charge in [0.15, 0.2) is 0 Å². The van der Waals surface area contributed by atoms with E-state index < -0.39 is 0 Å². The molecular weight excluding hydrogens is 398 g/mol. The van der Waals surface area contributed by atoms with Crippen molar-refractivity contribution in [3.63, 3.8) is 0 Å². The molecule has 4 heterocycles. The van der Waals surface area contributed by atoms with E-state index in [4.69, 9.17) is 0 Å². The second-order valence-electron chi connectivity index (χ2n) is 7.58. The maximum Gasteiger partial charge on any atom is 0.263 e. The minimum Gasteiger partial charge on any atom is -0.338 e. The number of aromatic nitrogens is 2. The minimum atomic E-state index is 0.172. The monoisotopic (exact) mass is 421 g/mol. The second-order valence-corrected chi connectivity index (χ2v) is 9.44. The molecule has 4 aromatic rings. The van der Waals surface area contributed by atoms with Gasteiger partial charge in [0.1, 0.15) is 5.82 Å². The van der Waals surface area contributed by atoms with Gasteiger partial charge in [-0.05, 0) is 59.2 Å². The summed E-state index contributed by atoms with van der Waals surface area (Å²) < 4.78 is 3.48. The first kappa shape index (κ1) is 18.6. The lowest BCUT2D eigenvalue weighted by atomic mass is 9.95. The van der Waals surface area contributed by atoms with Gasteiger partial charge in [-0.2, -0.15) is 11.3 Å². The fraction of sp³-hybridized carbons (Fsp3) is 0.304. The number of imidazole rings is 1. The molecule has 148 valence electrons. The fourth-order valence-corrected chi connectivity index (χ4v) is 5.87. The molecule has 0 aliphatic carbocycles. The quantitative estimate of drug-likeness (QED) is 0.431. The van der Waals surface area contributed by atoms with Crippen LogP contribution >= 0.6 is 22.7 Å². The number of rotatable bonds is 5. The summed E-state index contributed by atoms with van der Waals surface area (Å²) >= 11 is 3.35. The summed E-state index contributed by atoms with van der Waals surface area (Å²) in [4.78, 5) is 20.5. The van der Waals surface area contributed by atoms with Crippen LogP contribution in [0.5, 0.6) is 0 Å². The smallest absolute Gasteiger partial charge is 0.263 e. The molecule has 1 amide bonds. The molecule has 4 nitrogen and oxygen atoms in total. The summed E-state index contributed by atoms with van der Waals surface area (Å²) in [7, 11) is 0. The molecule has 6 heteroatoms. The molecule has 0 spiro atoms. The molecule has 0 radical (unpaired) electrons. The lowest BCUT2D eigenvalue weighted by Crippen LogP contribution is -2.38. The van der Waals surface area contributed by atoms with Crippen LogP contribution in [0.25, 0.3) is 10.1 Å². The highest BCUT2D eigenvalue weighted by Crippen LogP contribution is 2.30. The van der Waals surface area contributed by atoms with E-state index in [9.17, 15) is 4.79 Å². The van der Waals surface area contributed by atoms with Crippen molar-refractivity contribution in [3.8, 4) is 0 Å². The van der Waals surface area contributed by atoms with Crippen LogP contribution in [0.15, 0.2) is 59.6 Å². The van der Waals surface area contributed by atoms with Gasteiger partial charge < -0.3 is 9.47 Å². The van der Waals surface area contributed by atoms with Crippen LogP contribution < -0.4 is 0 Å². The normalized spacial score (nSPS) is 15.2. The number of hydrogen-bond donors (Lipinski definition) is 0. The van der Waals surface area contributed by atoms with Gasteiger partial charge in [0.05, 0.1) is 4.88 Å². The Hall–Kier alpha value is -2.44. The molecule has 1 saturated heterocycles. The largest absolute Gasteiger partial charge is 0.338 e. The van der Waals surface area contributed by atoms with E-state index in [2.05, 4.69) is 44.7 Å². The Kier molecular flexibility index (Phi) is 5.21. The number of nitrogens with zero attached hydrogens (tertiary/aromatic N) is 3. The number of benzene rings is 1. The number of aryl methyl sites for hydroxylation is 2. The number of piperidine rings is 1. The van der Waals surface area contributed by atoms with Gasteiger partial charge in [0, 0.05) is 42.6 Å². The maximum atomic E-state index is 13.0. The Bertz CT molecular complexity index is 1070. The summed E-state index contributed by atoms with van der Waals surface area (Å²) in [6.45, 7) is 2.57. The van der Waals surface area contributed by atoms with Gasteiger partial charge in [-0.25, -0.2) is 4.98 Å². The highest BCUT2D eigenvalue weighted by atomic mass is 32.1. The van der Waals surface area contributed by atoms with Crippen molar-refractivity contribution in [2.24, 2.45) is 0 Å². The van der Waals surface area contributed by atoms with Crippen molar-refractivity contribution < 1.29 is 4.79 Å². The Morgan fingerprint density at radius 1 is 1.17 bits per heavy atom. The summed E-state index contributed by atoms with van der Waals surface area (Å²) in [6.07, 6.45) is 7.00. The van der Waals surface area contributed by atoms with Crippen LogP contribution in [0.3, 0.4) is 0 Å². The third-order valence-electron chi connectivity index (χ3n) is 5.75.